The van der Waals surface area contributed by atoms with E-state index in [4.69, 9.17) is 9.47 Å². The summed E-state index contributed by atoms with van der Waals surface area (Å²) in [4.78, 5) is 65.2. The molecule has 16 heteroatoms. The van der Waals surface area contributed by atoms with Gasteiger partial charge in [-0.25, -0.2) is 9.18 Å². The monoisotopic (exact) mass is 587 g/mol. The summed E-state index contributed by atoms with van der Waals surface area (Å²) in [6, 6.07) is 9.84. The van der Waals surface area contributed by atoms with Crippen LogP contribution in [0, 0.1) is 5.82 Å². The molecule has 2 aromatic rings. The molecule has 2 aromatic carbocycles. The number of morpholine rings is 1. The Morgan fingerprint density at radius 3 is 2.28 bits per heavy atom. The number of nitrogens with one attached hydrogen (secondary N) is 1. The lowest BCUT2D eigenvalue weighted by atomic mass is 10.1. The number of carbonyl (C=O) groups is 2. The van der Waals surface area contributed by atoms with Crippen molar-refractivity contribution in [1.82, 2.24) is 5.32 Å². The van der Waals surface area contributed by atoms with E-state index in [2.05, 4.69) is 5.32 Å². The average molecular weight is 587 g/mol. The van der Waals surface area contributed by atoms with Crippen LogP contribution in [0.25, 0.3) is 0 Å². The first kappa shape index (κ1) is 29.2. The fourth-order valence-corrected chi connectivity index (χ4v) is 6.77. The standard InChI is InChI=1S/C23H28FN3O10P2/c24-19-12-17(5-6-20(19)26-7-9-36-10-8-26)27-14-18(37-23(27)29)13-25-22(28)16-3-1-15(2-4-16)11-21(38(30,31)32)39(33,34)35/h1-6,12,18,21H,7-11,13-14H2,(H,25,28)(H2,30,31,32)(H2,33,34,35)/t18-/m0/s1. The number of carbonyl (C=O) groups excluding carboxylic acids is 2. The molecule has 2 aliphatic rings. The molecule has 0 saturated carbocycles. The molecule has 2 aliphatic heterocycles. The second-order valence-corrected chi connectivity index (χ2v) is 13.1. The lowest BCUT2D eigenvalue weighted by Crippen LogP contribution is -2.37. The number of hydrogen-bond donors (Lipinski definition) is 5. The van der Waals surface area contributed by atoms with Gasteiger partial charge in [-0.05, 0) is 42.3 Å². The van der Waals surface area contributed by atoms with Crippen molar-refractivity contribution in [2.45, 2.75) is 17.9 Å². The highest BCUT2D eigenvalue weighted by atomic mass is 31.2. The predicted molar refractivity (Wildman–Crippen MR) is 137 cm³/mol. The topological polar surface area (TPSA) is 186 Å². The minimum Gasteiger partial charge on any atom is -0.442 e. The van der Waals surface area contributed by atoms with Gasteiger partial charge in [0.25, 0.3) is 5.91 Å². The third kappa shape index (κ3) is 7.23. The zero-order valence-corrected chi connectivity index (χ0v) is 22.3. The fourth-order valence-electron chi connectivity index (χ4n) is 4.31. The summed E-state index contributed by atoms with van der Waals surface area (Å²) in [6.45, 7) is 2.19. The molecule has 2 heterocycles. The maximum absolute atomic E-state index is 14.8. The second kappa shape index (κ2) is 11.7. The van der Waals surface area contributed by atoms with E-state index in [1.807, 2.05) is 4.90 Å². The molecule has 0 spiro atoms. The van der Waals surface area contributed by atoms with E-state index in [0.29, 0.717) is 37.7 Å². The van der Waals surface area contributed by atoms with Gasteiger partial charge in [-0.15, -0.1) is 0 Å². The zero-order chi connectivity index (χ0) is 28.4. The van der Waals surface area contributed by atoms with Gasteiger partial charge in [0.1, 0.15) is 11.9 Å². The Labute approximate surface area is 222 Å². The number of rotatable bonds is 9. The highest BCUT2D eigenvalue weighted by molar-refractivity contribution is 7.70. The summed E-state index contributed by atoms with van der Waals surface area (Å²) in [5.74, 6) is -1.01. The number of hydrogen-bond acceptors (Lipinski definition) is 7. The molecule has 2 saturated heterocycles. The number of anilines is 2. The molecular weight excluding hydrogens is 559 g/mol. The van der Waals surface area contributed by atoms with E-state index in [-0.39, 0.29) is 24.2 Å². The largest absolute Gasteiger partial charge is 0.442 e. The van der Waals surface area contributed by atoms with Crippen molar-refractivity contribution in [3.05, 3.63) is 59.4 Å². The highest BCUT2D eigenvalue weighted by Crippen LogP contribution is 2.60. The minimum atomic E-state index is -5.08. The van der Waals surface area contributed by atoms with Gasteiger partial charge in [0.2, 0.25) is 0 Å². The van der Waals surface area contributed by atoms with E-state index < -0.39 is 50.9 Å². The van der Waals surface area contributed by atoms with Crippen LogP contribution in [-0.4, -0.2) is 82.5 Å². The van der Waals surface area contributed by atoms with E-state index in [1.165, 1.54) is 35.2 Å². The molecule has 0 aliphatic carbocycles. The Morgan fingerprint density at radius 1 is 1.05 bits per heavy atom. The molecule has 4 rings (SSSR count). The molecule has 13 nitrogen and oxygen atoms in total. The third-order valence-corrected chi connectivity index (χ3v) is 10.1. The van der Waals surface area contributed by atoms with Crippen LogP contribution in [0.3, 0.4) is 0 Å². The van der Waals surface area contributed by atoms with Crippen molar-refractivity contribution in [3.63, 3.8) is 0 Å². The fraction of sp³-hybridized carbons (Fsp3) is 0.391. The Balaban J connectivity index is 1.32. The van der Waals surface area contributed by atoms with Gasteiger partial charge in [0, 0.05) is 18.7 Å². The van der Waals surface area contributed by atoms with E-state index >= 15 is 0 Å². The van der Waals surface area contributed by atoms with Gasteiger partial charge >= 0.3 is 21.3 Å². The van der Waals surface area contributed by atoms with Crippen molar-refractivity contribution in [2.75, 3.05) is 49.2 Å². The van der Waals surface area contributed by atoms with Crippen LogP contribution >= 0.6 is 15.2 Å². The molecule has 1 atom stereocenters. The van der Waals surface area contributed by atoms with E-state index in [0.717, 1.165) is 0 Å². The summed E-state index contributed by atoms with van der Waals surface area (Å²) in [6.07, 6.45) is -1.96. The highest BCUT2D eigenvalue weighted by Gasteiger charge is 2.43. The average Bonchev–Trinajstić information content (AvgIpc) is 3.25. The molecule has 0 bridgehead atoms. The number of ether oxygens (including phenoxy) is 2. The van der Waals surface area contributed by atoms with Crippen LogP contribution in [0.4, 0.5) is 20.6 Å². The summed E-state index contributed by atoms with van der Waals surface area (Å²) >= 11 is 0. The maximum atomic E-state index is 14.8. The van der Waals surface area contributed by atoms with Crippen molar-refractivity contribution in [2.24, 2.45) is 0 Å². The number of nitrogens with zero attached hydrogens (tertiary/aromatic N) is 2. The molecule has 0 unspecified atom stereocenters. The Bertz CT molecular complexity index is 1290. The summed E-state index contributed by atoms with van der Waals surface area (Å²) in [7, 11) is -10.2. The van der Waals surface area contributed by atoms with Crippen LogP contribution in [0.5, 0.6) is 0 Å². The van der Waals surface area contributed by atoms with Crippen LogP contribution < -0.4 is 15.1 Å². The lowest BCUT2D eigenvalue weighted by Gasteiger charge is -2.29. The third-order valence-electron chi connectivity index (χ3n) is 6.37. The van der Waals surface area contributed by atoms with Gasteiger partial charge in [-0.1, -0.05) is 12.1 Å². The minimum absolute atomic E-state index is 0.0321. The lowest BCUT2D eigenvalue weighted by molar-refractivity contribution is 0.0916. The van der Waals surface area contributed by atoms with Crippen molar-refractivity contribution in [3.8, 4) is 0 Å². The first-order chi connectivity index (χ1) is 18.3. The summed E-state index contributed by atoms with van der Waals surface area (Å²) in [5.41, 5.74) is 1.13. The normalized spacial score (nSPS) is 18.4. The van der Waals surface area contributed by atoms with Crippen molar-refractivity contribution >= 4 is 38.6 Å². The summed E-state index contributed by atoms with van der Waals surface area (Å²) < 4.78 is 48.3. The molecule has 0 aromatic heterocycles. The maximum Gasteiger partial charge on any atom is 0.414 e. The smallest absolute Gasteiger partial charge is 0.414 e. The number of benzene rings is 2. The summed E-state index contributed by atoms with van der Waals surface area (Å²) in [5, 5.41) is 0.435. The Morgan fingerprint density at radius 2 is 1.69 bits per heavy atom. The molecule has 212 valence electrons. The quantitative estimate of drug-likeness (QED) is 0.269. The molecular formula is C23H28FN3O10P2. The van der Waals surface area contributed by atoms with Crippen LogP contribution in [0.2, 0.25) is 0 Å². The van der Waals surface area contributed by atoms with Crippen LogP contribution in [-0.2, 0) is 25.0 Å². The SMILES string of the molecule is O=C(NC[C@H]1CN(c2ccc(N3CCOCC3)c(F)c2)C(=O)O1)c1ccc(CC(P(=O)(O)O)P(=O)(O)O)cc1. The zero-order valence-electron chi connectivity index (χ0n) is 20.6. The first-order valence-corrected chi connectivity index (χ1v) is 15.3. The van der Waals surface area contributed by atoms with Crippen molar-refractivity contribution < 1.29 is 52.2 Å². The molecule has 2 amide bonds. The predicted octanol–water partition coefficient (Wildman–Crippen LogP) is 1.64. The van der Waals surface area contributed by atoms with Gasteiger partial charge in [-0.3, -0.25) is 18.8 Å². The van der Waals surface area contributed by atoms with Gasteiger partial charge in [0.15, 0.2) is 5.40 Å². The van der Waals surface area contributed by atoms with Crippen LogP contribution in [0.1, 0.15) is 15.9 Å². The van der Waals surface area contributed by atoms with E-state index in [9.17, 15) is 42.7 Å². The number of halogens is 1. The first-order valence-electron chi connectivity index (χ1n) is 11.9. The molecule has 2 fully saturated rings. The van der Waals surface area contributed by atoms with Gasteiger partial charge in [0.05, 0.1) is 37.7 Å². The van der Waals surface area contributed by atoms with E-state index in [1.54, 1.807) is 12.1 Å². The Hall–Kier alpha value is -2.83. The Kier molecular flexibility index (Phi) is 8.77. The van der Waals surface area contributed by atoms with Gasteiger partial charge < -0.3 is 39.3 Å². The van der Waals surface area contributed by atoms with Crippen molar-refractivity contribution in [1.29, 1.82) is 0 Å². The van der Waals surface area contributed by atoms with Gasteiger partial charge in [-0.2, -0.15) is 0 Å². The number of cyclic esters (lactones) is 1. The second-order valence-electron chi connectivity index (χ2n) is 9.12. The van der Waals surface area contributed by atoms with Crippen LogP contribution in [0.15, 0.2) is 42.5 Å². The molecule has 5 N–H and O–H groups in total. The molecule has 39 heavy (non-hydrogen) atoms. The molecule has 0 radical (unpaired) electrons. The number of amides is 2.